The van der Waals surface area contributed by atoms with Crippen molar-refractivity contribution in [3.8, 4) is 16.9 Å². The quantitative estimate of drug-likeness (QED) is 0.287. The molecule has 166 valence electrons. The monoisotopic (exact) mass is 470 g/mol. The first-order valence-corrected chi connectivity index (χ1v) is 10.9. The van der Waals surface area contributed by atoms with Crippen molar-refractivity contribution < 1.29 is 47.5 Å². The fourth-order valence-corrected chi connectivity index (χ4v) is 3.05. The largest absolute Gasteiger partial charge is 1.00 e. The number of unbranched alkanes of at least 4 members (excludes halogenated alkanes) is 2. The average molecular weight is 471 g/mol. The minimum Gasteiger partial charge on any atom is -0.796 e. The average Bonchev–Trinajstić information content (AvgIpc) is 2.78. The van der Waals surface area contributed by atoms with Crippen molar-refractivity contribution in [1.82, 2.24) is 9.97 Å². The Kier molecular flexibility index (Phi) is 13.0. The smallest absolute Gasteiger partial charge is 0.796 e. The van der Waals surface area contributed by atoms with Gasteiger partial charge in [0.15, 0.2) is 11.6 Å². The fourth-order valence-electron chi connectivity index (χ4n) is 3.05. The maximum absolute atomic E-state index is 14.5. The molecule has 0 fully saturated rings. The van der Waals surface area contributed by atoms with Gasteiger partial charge >= 0.3 is 29.6 Å². The van der Waals surface area contributed by atoms with E-state index in [1.807, 2.05) is 0 Å². The van der Waals surface area contributed by atoms with Gasteiger partial charge in [0.05, 0.1) is 5.69 Å². The predicted molar refractivity (Wildman–Crippen MR) is 119 cm³/mol. The number of hydrogen-bond acceptors (Lipinski definition) is 4. The summed E-state index contributed by atoms with van der Waals surface area (Å²) in [5.74, 6) is -2.39. The molecule has 3 nitrogen and oxygen atoms in total. The molecule has 0 unspecified atom stereocenters. The molecule has 0 aliphatic heterocycles. The summed E-state index contributed by atoms with van der Waals surface area (Å²) in [6, 6.07) is 8.43. The van der Waals surface area contributed by atoms with Crippen LogP contribution in [0.25, 0.3) is 11.1 Å². The van der Waals surface area contributed by atoms with Gasteiger partial charge in [-0.1, -0.05) is 31.4 Å². The van der Waals surface area contributed by atoms with E-state index in [0.717, 1.165) is 37.3 Å². The van der Waals surface area contributed by atoms with Gasteiger partial charge in [-0.2, -0.15) is 10.6 Å². The maximum Gasteiger partial charge on any atom is 1.00 e. The van der Waals surface area contributed by atoms with Crippen molar-refractivity contribution in [1.29, 1.82) is 0 Å². The van der Waals surface area contributed by atoms with Gasteiger partial charge in [-0.15, -0.1) is 0 Å². The molecule has 0 bridgehead atoms. The second kappa shape index (κ2) is 14.6. The van der Waals surface area contributed by atoms with Crippen LogP contribution in [0.15, 0.2) is 42.6 Å². The van der Waals surface area contributed by atoms with Gasteiger partial charge in [-0.3, -0.25) is 0 Å². The maximum atomic E-state index is 14.5. The molecule has 3 aromatic rings. The van der Waals surface area contributed by atoms with E-state index in [1.165, 1.54) is 12.1 Å². The number of hydrogen-bond donors (Lipinski definition) is 0. The summed E-state index contributed by atoms with van der Waals surface area (Å²) in [5, 5.41) is 0. The second-order valence-corrected chi connectivity index (χ2v) is 6.93. The molecular formula is C24H26F3N2NaOS. The Labute approximate surface area is 215 Å². The third-order valence-corrected chi connectivity index (χ3v) is 4.59. The Bertz CT molecular complexity index is 1000. The van der Waals surface area contributed by atoms with Gasteiger partial charge < -0.3 is 17.4 Å². The molecule has 0 saturated carbocycles. The van der Waals surface area contributed by atoms with E-state index >= 15 is 0 Å². The van der Waals surface area contributed by atoms with Crippen LogP contribution in [-0.4, -0.2) is 16.2 Å². The number of nitrogens with zero attached hydrogens (tertiary/aromatic N) is 2. The molecule has 0 amide bonds. The van der Waals surface area contributed by atoms with Crippen molar-refractivity contribution in [3.05, 3.63) is 77.1 Å². The number of ether oxygens (including phenoxy) is 1. The van der Waals surface area contributed by atoms with E-state index in [-0.39, 0.29) is 53.0 Å². The summed E-state index contributed by atoms with van der Waals surface area (Å²) in [4.78, 5) is 8.65. The van der Waals surface area contributed by atoms with E-state index in [1.54, 1.807) is 37.6 Å². The first-order chi connectivity index (χ1) is 15.0. The topological polar surface area (TPSA) is 35.0 Å². The molecular weight excluding hydrogens is 444 g/mol. The number of halogens is 3. The summed E-state index contributed by atoms with van der Waals surface area (Å²) < 4.78 is 48.3. The molecule has 2 aromatic carbocycles. The zero-order valence-corrected chi connectivity index (χ0v) is 21.7. The SMILES string of the molecule is CCCCCc1nccc(COc2c(-c3cc(C)ccc3F)ccc(F)c2F)n1.C[S-].[Na+]. The summed E-state index contributed by atoms with van der Waals surface area (Å²) in [6.07, 6.45) is 7.12. The van der Waals surface area contributed by atoms with Gasteiger partial charge in [0.2, 0.25) is 5.82 Å². The van der Waals surface area contributed by atoms with Crippen molar-refractivity contribution in [2.45, 2.75) is 46.1 Å². The Morgan fingerprint density at radius 1 is 0.938 bits per heavy atom. The fraction of sp³-hybridized carbons (Fsp3) is 0.333. The van der Waals surface area contributed by atoms with E-state index in [4.69, 9.17) is 4.74 Å². The van der Waals surface area contributed by atoms with Gasteiger partial charge in [0.25, 0.3) is 0 Å². The second-order valence-electron chi connectivity index (χ2n) is 6.93. The standard InChI is InChI=1S/C23H23F3N2O.CH4S.Na/c1-3-4-5-6-21-27-12-11-16(28-21)14-29-23-17(8-10-20(25)22(23)26)18-13-15(2)7-9-19(18)24;1-2;/h7-13H,3-6,14H2,1-2H3;2H,1H3;/q;;+1/p-1. The normalized spacial score (nSPS) is 10.1. The Morgan fingerprint density at radius 2 is 1.66 bits per heavy atom. The zero-order chi connectivity index (χ0) is 22.8. The van der Waals surface area contributed by atoms with Crippen molar-refractivity contribution in [2.24, 2.45) is 0 Å². The number of aromatic nitrogens is 2. The summed E-state index contributed by atoms with van der Waals surface area (Å²) in [5.41, 5.74) is 1.65. The molecule has 0 N–H and O–H groups in total. The summed E-state index contributed by atoms with van der Waals surface area (Å²) in [6.45, 7) is 3.84. The third-order valence-electron chi connectivity index (χ3n) is 4.59. The molecule has 32 heavy (non-hydrogen) atoms. The van der Waals surface area contributed by atoms with Crippen molar-refractivity contribution in [2.75, 3.05) is 6.26 Å². The van der Waals surface area contributed by atoms with Crippen LogP contribution in [0, 0.1) is 24.4 Å². The number of aryl methyl sites for hydroxylation is 2. The zero-order valence-electron chi connectivity index (χ0n) is 18.9. The van der Waals surface area contributed by atoms with Crippen LogP contribution in [0.5, 0.6) is 5.75 Å². The molecule has 8 heteroatoms. The first-order valence-electron chi connectivity index (χ1n) is 10.1. The molecule has 3 rings (SSSR count). The van der Waals surface area contributed by atoms with E-state index in [0.29, 0.717) is 11.5 Å². The molecule has 0 aliphatic carbocycles. The van der Waals surface area contributed by atoms with Gasteiger partial charge in [-0.25, -0.2) is 18.7 Å². The first kappa shape index (κ1) is 28.5. The van der Waals surface area contributed by atoms with Crippen LogP contribution < -0.4 is 34.3 Å². The van der Waals surface area contributed by atoms with Crippen molar-refractivity contribution >= 4 is 12.6 Å². The molecule has 0 atom stereocenters. The van der Waals surface area contributed by atoms with Crippen LogP contribution >= 0.6 is 0 Å². The van der Waals surface area contributed by atoms with Crippen LogP contribution in [-0.2, 0) is 25.7 Å². The Morgan fingerprint density at radius 3 is 2.38 bits per heavy atom. The molecule has 0 radical (unpaired) electrons. The Balaban J connectivity index is 0.00000166. The predicted octanol–water partition coefficient (Wildman–Crippen LogP) is 3.35. The minimum absolute atomic E-state index is 0. The van der Waals surface area contributed by atoms with Crippen LogP contribution in [0.3, 0.4) is 0 Å². The van der Waals surface area contributed by atoms with Gasteiger partial charge in [0.1, 0.15) is 18.2 Å². The third kappa shape index (κ3) is 7.80. The molecule has 0 spiro atoms. The molecule has 1 heterocycles. The molecule has 1 aromatic heterocycles. The van der Waals surface area contributed by atoms with Crippen molar-refractivity contribution in [3.63, 3.8) is 0 Å². The van der Waals surface area contributed by atoms with Gasteiger partial charge in [-0.05, 0) is 43.7 Å². The molecule has 0 aliphatic rings. The van der Waals surface area contributed by atoms with Crippen LogP contribution in [0.2, 0.25) is 0 Å². The number of rotatable bonds is 8. The molecule has 0 saturated heterocycles. The van der Waals surface area contributed by atoms with E-state index < -0.39 is 17.5 Å². The van der Waals surface area contributed by atoms with E-state index in [2.05, 4.69) is 29.5 Å². The minimum atomic E-state index is -1.15. The van der Waals surface area contributed by atoms with Gasteiger partial charge in [0, 0.05) is 23.7 Å². The number of benzene rings is 2. The van der Waals surface area contributed by atoms with Crippen LogP contribution in [0.1, 0.15) is 43.3 Å². The summed E-state index contributed by atoms with van der Waals surface area (Å²) >= 11 is 4.08. The summed E-state index contributed by atoms with van der Waals surface area (Å²) in [7, 11) is 0. The van der Waals surface area contributed by atoms with E-state index in [9.17, 15) is 13.2 Å². The van der Waals surface area contributed by atoms with Crippen LogP contribution in [0.4, 0.5) is 13.2 Å². The Hall–Kier alpha value is -1.54.